The summed E-state index contributed by atoms with van der Waals surface area (Å²) in [6.07, 6.45) is -4.59. The van der Waals surface area contributed by atoms with Crippen LogP contribution in [0.25, 0.3) is 0 Å². The largest absolute Gasteiger partial charge is 0.495 e. The monoisotopic (exact) mass is 487 g/mol. The van der Waals surface area contributed by atoms with Crippen molar-refractivity contribution in [1.29, 1.82) is 0 Å². The Hall–Kier alpha value is -3.12. The molecule has 0 fully saturated rings. The number of nitrogens with zero attached hydrogens (tertiary/aromatic N) is 1. The molecule has 2 amide bonds. The maximum atomic E-state index is 13.0. The molecule has 0 aliphatic heterocycles. The number of anilines is 1. The fourth-order valence-corrected chi connectivity index (χ4v) is 4.62. The van der Waals surface area contributed by atoms with Crippen LogP contribution in [0.4, 0.5) is 18.9 Å². The van der Waals surface area contributed by atoms with Crippen LogP contribution >= 0.6 is 0 Å². The van der Waals surface area contributed by atoms with E-state index in [9.17, 15) is 31.2 Å². The van der Waals surface area contributed by atoms with E-state index in [2.05, 4.69) is 5.32 Å². The third-order valence-electron chi connectivity index (χ3n) is 4.62. The Labute approximate surface area is 189 Å². The first-order valence-corrected chi connectivity index (χ1v) is 11.3. The number of benzene rings is 2. The van der Waals surface area contributed by atoms with Gasteiger partial charge in [-0.25, -0.2) is 8.42 Å². The number of methoxy groups -OCH3 is 1. The first-order chi connectivity index (χ1) is 15.4. The van der Waals surface area contributed by atoms with Gasteiger partial charge in [0.1, 0.15) is 17.2 Å². The maximum Gasteiger partial charge on any atom is 0.405 e. The standard InChI is InChI=1S/C21H24F3N3O5S/c1-4-27(5-2)33(30,31)18-12-14(10-11-17(18)32-3)19(28)26-16-9-7-6-8-15(16)20(29)25-13-21(22,23)24/h6-12H,4-5,13H2,1-3H3,(H,25,29)(H,26,28). The predicted octanol–water partition coefficient (Wildman–Crippen LogP) is 3.27. The minimum Gasteiger partial charge on any atom is -0.495 e. The van der Waals surface area contributed by atoms with Gasteiger partial charge in [-0.15, -0.1) is 0 Å². The van der Waals surface area contributed by atoms with Crippen molar-refractivity contribution in [2.75, 3.05) is 32.1 Å². The summed E-state index contributed by atoms with van der Waals surface area (Å²) in [5, 5.41) is 4.19. The molecule has 2 aromatic rings. The zero-order chi connectivity index (χ0) is 24.8. The van der Waals surface area contributed by atoms with E-state index in [4.69, 9.17) is 4.74 Å². The van der Waals surface area contributed by atoms with E-state index in [0.29, 0.717) is 0 Å². The van der Waals surface area contributed by atoms with E-state index in [1.807, 2.05) is 0 Å². The van der Waals surface area contributed by atoms with Gasteiger partial charge in [-0.2, -0.15) is 17.5 Å². The molecule has 0 atom stereocenters. The maximum absolute atomic E-state index is 13.0. The number of ether oxygens (including phenoxy) is 1. The quantitative estimate of drug-likeness (QED) is 0.565. The third-order valence-corrected chi connectivity index (χ3v) is 6.69. The molecular weight excluding hydrogens is 463 g/mol. The van der Waals surface area contributed by atoms with Crippen LogP contribution in [0.3, 0.4) is 0 Å². The van der Waals surface area contributed by atoms with Gasteiger partial charge in [0.2, 0.25) is 10.0 Å². The molecule has 0 unspecified atom stereocenters. The summed E-state index contributed by atoms with van der Waals surface area (Å²) in [6.45, 7) is 2.23. The van der Waals surface area contributed by atoms with Crippen LogP contribution in [0, 0.1) is 0 Å². The second-order valence-corrected chi connectivity index (χ2v) is 8.66. The van der Waals surface area contributed by atoms with Crippen molar-refractivity contribution >= 4 is 27.5 Å². The smallest absolute Gasteiger partial charge is 0.405 e. The molecule has 12 heteroatoms. The summed E-state index contributed by atoms with van der Waals surface area (Å²) >= 11 is 0. The zero-order valence-corrected chi connectivity index (χ0v) is 19.0. The minimum absolute atomic E-state index is 0.0360. The Bertz CT molecular complexity index is 1120. The number of para-hydroxylation sites is 1. The number of amides is 2. The molecule has 180 valence electrons. The zero-order valence-electron chi connectivity index (χ0n) is 18.2. The van der Waals surface area contributed by atoms with Crippen LogP contribution < -0.4 is 15.4 Å². The van der Waals surface area contributed by atoms with E-state index in [1.165, 1.54) is 47.8 Å². The summed E-state index contributed by atoms with van der Waals surface area (Å²) in [4.78, 5) is 24.8. The van der Waals surface area contributed by atoms with Crippen molar-refractivity contribution in [2.24, 2.45) is 0 Å². The number of rotatable bonds is 9. The molecule has 0 spiro atoms. The van der Waals surface area contributed by atoms with Crippen LogP contribution in [-0.4, -0.2) is 57.5 Å². The molecule has 0 aromatic heterocycles. The third kappa shape index (κ3) is 6.45. The summed E-state index contributed by atoms with van der Waals surface area (Å²) in [7, 11) is -2.66. The molecule has 0 bridgehead atoms. The summed E-state index contributed by atoms with van der Waals surface area (Å²) in [6, 6.07) is 9.33. The van der Waals surface area contributed by atoms with Crippen LogP contribution in [0.15, 0.2) is 47.4 Å². The second kappa shape index (κ2) is 10.7. The van der Waals surface area contributed by atoms with Crippen molar-refractivity contribution in [3.05, 3.63) is 53.6 Å². The minimum atomic E-state index is -4.59. The van der Waals surface area contributed by atoms with E-state index in [0.717, 1.165) is 6.07 Å². The molecule has 0 saturated carbocycles. The van der Waals surface area contributed by atoms with Crippen molar-refractivity contribution in [1.82, 2.24) is 9.62 Å². The molecular formula is C21H24F3N3O5S. The van der Waals surface area contributed by atoms with Gasteiger partial charge in [-0.1, -0.05) is 26.0 Å². The Balaban J connectivity index is 2.37. The second-order valence-electron chi connectivity index (χ2n) is 6.75. The van der Waals surface area contributed by atoms with Gasteiger partial charge in [0.25, 0.3) is 11.8 Å². The normalized spacial score (nSPS) is 11.8. The van der Waals surface area contributed by atoms with E-state index in [-0.39, 0.29) is 40.5 Å². The highest BCUT2D eigenvalue weighted by molar-refractivity contribution is 7.89. The van der Waals surface area contributed by atoms with Gasteiger partial charge >= 0.3 is 6.18 Å². The Kier molecular flexibility index (Phi) is 8.45. The molecule has 0 radical (unpaired) electrons. The number of carbonyl (C=O) groups is 2. The van der Waals surface area contributed by atoms with Crippen molar-refractivity contribution in [2.45, 2.75) is 24.9 Å². The Morgan fingerprint density at radius 2 is 1.67 bits per heavy atom. The predicted molar refractivity (Wildman–Crippen MR) is 116 cm³/mol. The van der Waals surface area contributed by atoms with Crippen molar-refractivity contribution in [3.8, 4) is 5.75 Å². The van der Waals surface area contributed by atoms with Crippen LogP contribution in [0.2, 0.25) is 0 Å². The van der Waals surface area contributed by atoms with Gasteiger partial charge in [0.15, 0.2) is 0 Å². The fraction of sp³-hybridized carbons (Fsp3) is 0.333. The lowest BCUT2D eigenvalue weighted by Gasteiger charge is -2.20. The average molecular weight is 488 g/mol. The lowest BCUT2D eigenvalue weighted by atomic mass is 10.1. The molecule has 2 aromatic carbocycles. The van der Waals surface area contributed by atoms with Crippen LogP contribution in [0.5, 0.6) is 5.75 Å². The van der Waals surface area contributed by atoms with E-state index in [1.54, 1.807) is 19.2 Å². The number of hydrogen-bond acceptors (Lipinski definition) is 5. The topological polar surface area (TPSA) is 105 Å². The number of carbonyl (C=O) groups excluding carboxylic acids is 2. The molecule has 0 aliphatic carbocycles. The lowest BCUT2D eigenvalue weighted by molar-refractivity contribution is -0.123. The van der Waals surface area contributed by atoms with Gasteiger partial charge in [-0.3, -0.25) is 9.59 Å². The molecule has 0 aliphatic rings. The lowest BCUT2D eigenvalue weighted by Crippen LogP contribution is -2.34. The number of halogens is 3. The SMILES string of the molecule is CCN(CC)S(=O)(=O)c1cc(C(=O)Nc2ccccc2C(=O)NCC(F)(F)F)ccc1OC. The van der Waals surface area contributed by atoms with E-state index < -0.39 is 34.6 Å². The van der Waals surface area contributed by atoms with Gasteiger partial charge in [0.05, 0.1) is 18.4 Å². The highest BCUT2D eigenvalue weighted by atomic mass is 32.2. The van der Waals surface area contributed by atoms with Gasteiger partial charge in [-0.05, 0) is 30.3 Å². The first kappa shape index (κ1) is 26.1. The summed E-state index contributed by atoms with van der Waals surface area (Å²) in [5.74, 6) is -1.74. The Morgan fingerprint density at radius 3 is 2.24 bits per heavy atom. The van der Waals surface area contributed by atoms with Crippen LogP contribution in [-0.2, 0) is 10.0 Å². The van der Waals surface area contributed by atoms with E-state index >= 15 is 0 Å². The highest BCUT2D eigenvalue weighted by Gasteiger charge is 2.29. The number of nitrogens with one attached hydrogen (secondary N) is 2. The summed E-state index contributed by atoms with van der Waals surface area (Å²) in [5.41, 5.74) is -0.266. The molecule has 8 nitrogen and oxygen atoms in total. The first-order valence-electron chi connectivity index (χ1n) is 9.88. The molecule has 2 rings (SSSR count). The number of hydrogen-bond donors (Lipinski definition) is 2. The van der Waals surface area contributed by atoms with Crippen molar-refractivity contribution < 1.29 is 35.9 Å². The Morgan fingerprint density at radius 1 is 1.03 bits per heavy atom. The van der Waals surface area contributed by atoms with Gasteiger partial charge in [0, 0.05) is 18.7 Å². The summed E-state index contributed by atoms with van der Waals surface area (Å²) < 4.78 is 69.6. The number of sulfonamides is 1. The van der Waals surface area contributed by atoms with Crippen LogP contribution in [0.1, 0.15) is 34.6 Å². The molecule has 0 saturated heterocycles. The van der Waals surface area contributed by atoms with Crippen molar-refractivity contribution in [3.63, 3.8) is 0 Å². The molecule has 33 heavy (non-hydrogen) atoms. The van der Waals surface area contributed by atoms with Gasteiger partial charge < -0.3 is 15.4 Å². The fourth-order valence-electron chi connectivity index (χ4n) is 2.98. The molecule has 2 N–H and O–H groups in total. The highest BCUT2D eigenvalue weighted by Crippen LogP contribution is 2.28. The molecule has 0 heterocycles. The average Bonchev–Trinajstić information content (AvgIpc) is 2.77. The number of alkyl halides is 3.